The zero-order chi connectivity index (χ0) is 34.2. The third kappa shape index (κ3) is 5.50. The Balaban J connectivity index is 0.766. The molecule has 0 saturated heterocycles. The summed E-state index contributed by atoms with van der Waals surface area (Å²) >= 11 is 0. The lowest BCUT2D eigenvalue weighted by Crippen LogP contribution is -2.41. The van der Waals surface area contributed by atoms with Crippen molar-refractivity contribution in [2.75, 3.05) is 39.3 Å². The van der Waals surface area contributed by atoms with E-state index in [-0.39, 0.29) is 23.6 Å². The van der Waals surface area contributed by atoms with E-state index in [0.29, 0.717) is 61.3 Å². The van der Waals surface area contributed by atoms with Crippen LogP contribution in [0.15, 0.2) is 97.1 Å². The Labute approximate surface area is 290 Å². The molecule has 0 bridgehead atoms. The highest BCUT2D eigenvalue weighted by Crippen LogP contribution is 2.37. The molecule has 0 radical (unpaired) electrons. The average molecular weight is 663 g/mol. The van der Waals surface area contributed by atoms with E-state index in [0.717, 1.165) is 69.0 Å². The van der Waals surface area contributed by atoms with Gasteiger partial charge in [-0.05, 0) is 108 Å². The Morgan fingerprint density at radius 3 is 1.28 bits per heavy atom. The van der Waals surface area contributed by atoms with Crippen LogP contribution in [0.3, 0.4) is 0 Å². The lowest BCUT2D eigenvalue weighted by Gasteiger charge is -2.28. The third-order valence-corrected chi connectivity index (χ3v) is 10.1. The first-order valence-electron chi connectivity index (χ1n) is 17.6. The molecule has 8 heteroatoms. The predicted molar refractivity (Wildman–Crippen MR) is 198 cm³/mol. The van der Waals surface area contributed by atoms with E-state index in [1.807, 2.05) is 97.1 Å². The first kappa shape index (κ1) is 31.8. The van der Waals surface area contributed by atoms with Crippen molar-refractivity contribution in [3.05, 3.63) is 119 Å². The van der Waals surface area contributed by atoms with Crippen LogP contribution < -0.4 is 10.6 Å². The van der Waals surface area contributed by atoms with Crippen LogP contribution in [0, 0.1) is 0 Å². The Hall–Kier alpha value is -5.44. The molecule has 2 aliphatic rings. The van der Waals surface area contributed by atoms with Crippen LogP contribution >= 0.6 is 0 Å². The topological polar surface area (TPSA) is 98.8 Å². The van der Waals surface area contributed by atoms with E-state index >= 15 is 0 Å². The monoisotopic (exact) mass is 662 g/mol. The first-order valence-corrected chi connectivity index (χ1v) is 17.6. The molecule has 8 nitrogen and oxygen atoms in total. The second-order valence-corrected chi connectivity index (χ2v) is 13.2. The number of fused-ring (bicyclic) bond motifs is 4. The molecule has 0 saturated carbocycles. The van der Waals surface area contributed by atoms with E-state index in [2.05, 4.69) is 10.6 Å². The summed E-state index contributed by atoms with van der Waals surface area (Å²) in [6, 6.07) is 31.2. The van der Waals surface area contributed by atoms with Crippen LogP contribution in [-0.4, -0.2) is 72.7 Å². The SMILES string of the molecule is O=C1c2cccc3cc4ccccc4c(c23)C(=O)N1CCCNCCCCNCCCN1C(=O)c2cccc3cc4ccccc4c(c23)C1=O. The second-order valence-electron chi connectivity index (χ2n) is 13.2. The van der Waals surface area contributed by atoms with E-state index < -0.39 is 0 Å². The molecule has 2 N–H and O–H groups in total. The summed E-state index contributed by atoms with van der Waals surface area (Å²) in [5.74, 6) is -0.879. The summed E-state index contributed by atoms with van der Waals surface area (Å²) in [5.41, 5.74) is 2.43. The largest absolute Gasteiger partial charge is 0.317 e. The molecule has 0 atom stereocenters. The summed E-state index contributed by atoms with van der Waals surface area (Å²) in [5, 5.41) is 14.0. The van der Waals surface area contributed by atoms with Gasteiger partial charge >= 0.3 is 0 Å². The van der Waals surface area contributed by atoms with Gasteiger partial charge in [-0.3, -0.25) is 29.0 Å². The minimum atomic E-state index is -0.223. The molecule has 0 aromatic heterocycles. The van der Waals surface area contributed by atoms with E-state index in [1.165, 1.54) is 9.80 Å². The Morgan fingerprint density at radius 2 is 0.820 bits per heavy atom. The van der Waals surface area contributed by atoms with Crippen LogP contribution in [0.25, 0.3) is 43.1 Å². The number of nitrogens with zero attached hydrogens (tertiary/aromatic N) is 2. The molecular formula is C42H38N4O4. The molecule has 250 valence electrons. The number of carbonyl (C=O) groups excluding carboxylic acids is 4. The fraction of sp³-hybridized carbons (Fsp3) is 0.238. The number of amides is 4. The maximum atomic E-state index is 13.6. The number of benzene rings is 6. The highest BCUT2D eigenvalue weighted by Gasteiger charge is 2.35. The molecule has 0 aliphatic carbocycles. The minimum Gasteiger partial charge on any atom is -0.317 e. The van der Waals surface area contributed by atoms with E-state index in [4.69, 9.17) is 0 Å². The smallest absolute Gasteiger partial charge is 0.262 e. The van der Waals surface area contributed by atoms with Crippen molar-refractivity contribution in [1.82, 2.24) is 20.4 Å². The van der Waals surface area contributed by atoms with Crippen LogP contribution in [0.1, 0.15) is 67.1 Å². The summed E-state index contributed by atoms with van der Waals surface area (Å²) in [7, 11) is 0. The average Bonchev–Trinajstić information content (AvgIpc) is 3.14. The van der Waals surface area contributed by atoms with Crippen molar-refractivity contribution in [2.45, 2.75) is 25.7 Å². The zero-order valence-corrected chi connectivity index (χ0v) is 27.8. The molecule has 4 amide bonds. The number of hydrogen-bond donors (Lipinski definition) is 2. The van der Waals surface area contributed by atoms with Crippen LogP contribution in [-0.2, 0) is 0 Å². The van der Waals surface area contributed by atoms with Gasteiger partial charge in [-0.1, -0.05) is 72.8 Å². The number of imide groups is 2. The van der Waals surface area contributed by atoms with E-state index in [1.54, 1.807) is 0 Å². The van der Waals surface area contributed by atoms with Gasteiger partial charge in [-0.2, -0.15) is 0 Å². The number of carbonyl (C=O) groups is 4. The maximum absolute atomic E-state index is 13.6. The lowest BCUT2D eigenvalue weighted by molar-refractivity contribution is 0.0594. The normalized spacial score (nSPS) is 14.2. The van der Waals surface area contributed by atoms with Crippen molar-refractivity contribution in [2.24, 2.45) is 0 Å². The van der Waals surface area contributed by atoms with Gasteiger partial charge < -0.3 is 10.6 Å². The van der Waals surface area contributed by atoms with Gasteiger partial charge in [0.05, 0.1) is 11.1 Å². The fourth-order valence-electron chi connectivity index (χ4n) is 7.67. The van der Waals surface area contributed by atoms with Crippen molar-refractivity contribution in [1.29, 1.82) is 0 Å². The second kappa shape index (κ2) is 13.5. The predicted octanol–water partition coefficient (Wildman–Crippen LogP) is 6.93. The van der Waals surface area contributed by atoms with Crippen LogP contribution in [0.5, 0.6) is 0 Å². The standard InChI is InChI=1S/C42H38N4O4/c47-39-33-17-7-13-29-25-27-11-1-3-15-31(27)37(35(29)33)41(49)45(39)23-9-21-43-19-5-6-20-44-22-10-24-46-40(48)34-18-8-14-30-26-28-12-2-4-16-32(28)38(36(30)34)42(46)50/h1-4,7-8,11-18,25-26,43-44H,5-6,9-10,19-24H2. The highest BCUT2D eigenvalue weighted by molar-refractivity contribution is 6.31. The van der Waals surface area contributed by atoms with Crippen LogP contribution in [0.2, 0.25) is 0 Å². The van der Waals surface area contributed by atoms with Gasteiger partial charge in [-0.15, -0.1) is 0 Å². The van der Waals surface area contributed by atoms with Gasteiger partial charge in [0.15, 0.2) is 0 Å². The van der Waals surface area contributed by atoms with E-state index in [9.17, 15) is 19.2 Å². The summed E-state index contributed by atoms with van der Waals surface area (Å²) in [6.07, 6.45) is 3.31. The van der Waals surface area contributed by atoms with Gasteiger partial charge in [0.25, 0.3) is 23.6 Å². The summed E-state index contributed by atoms with van der Waals surface area (Å²) in [6.45, 7) is 3.83. The fourth-order valence-corrected chi connectivity index (χ4v) is 7.67. The highest BCUT2D eigenvalue weighted by atomic mass is 16.2. The Bertz CT molecular complexity index is 2180. The molecule has 8 rings (SSSR count). The zero-order valence-electron chi connectivity index (χ0n) is 27.8. The molecule has 0 unspecified atom stereocenters. The van der Waals surface area contributed by atoms with Gasteiger partial charge in [0.2, 0.25) is 0 Å². The number of hydrogen-bond acceptors (Lipinski definition) is 6. The van der Waals surface area contributed by atoms with Crippen LogP contribution in [0.4, 0.5) is 0 Å². The summed E-state index contributed by atoms with van der Waals surface area (Å²) in [4.78, 5) is 56.8. The molecule has 2 heterocycles. The molecule has 2 aliphatic heterocycles. The maximum Gasteiger partial charge on any atom is 0.262 e. The third-order valence-electron chi connectivity index (χ3n) is 10.1. The number of nitrogens with one attached hydrogen (secondary N) is 2. The Morgan fingerprint density at radius 1 is 0.420 bits per heavy atom. The first-order chi connectivity index (χ1) is 24.5. The van der Waals surface area contributed by atoms with Crippen molar-refractivity contribution < 1.29 is 19.2 Å². The number of unbranched alkanes of at least 4 members (excludes halogenated alkanes) is 1. The molecule has 6 aromatic carbocycles. The minimum absolute atomic E-state index is 0.216. The molecule has 0 spiro atoms. The van der Waals surface area contributed by atoms with Crippen molar-refractivity contribution in [3.8, 4) is 0 Å². The molecular weight excluding hydrogens is 624 g/mol. The molecule has 50 heavy (non-hydrogen) atoms. The van der Waals surface area contributed by atoms with Crippen molar-refractivity contribution >= 4 is 66.7 Å². The summed E-state index contributed by atoms with van der Waals surface area (Å²) < 4.78 is 0. The van der Waals surface area contributed by atoms with Gasteiger partial charge in [-0.25, -0.2) is 0 Å². The number of rotatable bonds is 13. The van der Waals surface area contributed by atoms with Crippen molar-refractivity contribution in [3.63, 3.8) is 0 Å². The molecule has 0 fully saturated rings. The Kier molecular flexibility index (Phi) is 8.56. The van der Waals surface area contributed by atoms with Gasteiger partial charge in [0.1, 0.15) is 0 Å². The quantitative estimate of drug-likeness (QED) is 0.0791. The van der Waals surface area contributed by atoms with Gasteiger partial charge in [0, 0.05) is 35.0 Å². The molecule has 6 aromatic rings. The lowest BCUT2D eigenvalue weighted by atomic mass is 9.89.